The Hall–Kier alpha value is -1.10. The van der Waals surface area contributed by atoms with Crippen molar-refractivity contribution in [2.75, 3.05) is 27.8 Å². The zero-order valence-corrected chi connectivity index (χ0v) is 11.9. The van der Waals surface area contributed by atoms with E-state index in [-0.39, 0.29) is 18.7 Å². The molecular formula is C14H24N2O2. The van der Waals surface area contributed by atoms with Gasteiger partial charge in [-0.25, -0.2) is 0 Å². The third-order valence-corrected chi connectivity index (χ3v) is 3.34. The van der Waals surface area contributed by atoms with Crippen LogP contribution in [0.3, 0.4) is 0 Å². The highest BCUT2D eigenvalue weighted by Crippen LogP contribution is 2.32. The molecule has 1 rings (SSSR count). The first-order valence-corrected chi connectivity index (χ1v) is 6.10. The largest absolute Gasteiger partial charge is 0.496 e. The van der Waals surface area contributed by atoms with E-state index in [1.165, 1.54) is 11.1 Å². The predicted molar refractivity (Wildman–Crippen MR) is 74.0 cm³/mol. The summed E-state index contributed by atoms with van der Waals surface area (Å²) in [6, 6.07) is 3.71. The highest BCUT2D eigenvalue weighted by Gasteiger charge is 2.25. The molecule has 0 radical (unpaired) electrons. The van der Waals surface area contributed by atoms with Crippen LogP contribution in [0, 0.1) is 13.8 Å². The molecule has 0 aliphatic heterocycles. The Labute approximate surface area is 109 Å². The Morgan fingerprint density at radius 3 is 2.28 bits per heavy atom. The third kappa shape index (κ3) is 3.02. The van der Waals surface area contributed by atoms with Crippen LogP contribution in [0.25, 0.3) is 0 Å². The van der Waals surface area contributed by atoms with Crippen LogP contribution < -0.4 is 10.5 Å². The molecule has 1 aromatic carbocycles. The molecular weight excluding hydrogens is 228 g/mol. The number of hydrogen-bond donors (Lipinski definition) is 2. The van der Waals surface area contributed by atoms with Crippen molar-refractivity contribution in [3.8, 4) is 5.75 Å². The van der Waals surface area contributed by atoms with Gasteiger partial charge in [0.25, 0.3) is 0 Å². The minimum atomic E-state index is -0.337. The number of benzene rings is 1. The molecule has 4 heteroatoms. The lowest BCUT2D eigenvalue weighted by Crippen LogP contribution is -2.40. The summed E-state index contributed by atoms with van der Waals surface area (Å²) < 4.78 is 5.44. The Kier molecular flexibility index (Phi) is 5.14. The number of methoxy groups -OCH3 is 1. The summed E-state index contributed by atoms with van der Waals surface area (Å²) in [6.45, 7) is 4.06. The second-order valence-electron chi connectivity index (χ2n) is 4.93. The molecule has 4 nitrogen and oxygen atoms in total. The van der Waals surface area contributed by atoms with E-state index in [0.717, 1.165) is 11.3 Å². The number of nitrogens with zero attached hydrogens (tertiary/aromatic N) is 1. The van der Waals surface area contributed by atoms with Gasteiger partial charge in [-0.2, -0.15) is 0 Å². The molecule has 0 saturated heterocycles. The minimum Gasteiger partial charge on any atom is -0.496 e. The lowest BCUT2D eigenvalue weighted by atomic mass is 9.94. The molecule has 2 unspecified atom stereocenters. The molecule has 0 aliphatic carbocycles. The molecule has 3 N–H and O–H groups in total. The Balaban J connectivity index is 3.30. The molecule has 0 heterocycles. The highest BCUT2D eigenvalue weighted by atomic mass is 16.5. The fourth-order valence-corrected chi connectivity index (χ4v) is 2.21. The lowest BCUT2D eigenvalue weighted by Gasteiger charge is -2.31. The number of aryl methyl sites for hydroxylation is 2. The molecule has 0 bridgehead atoms. The van der Waals surface area contributed by atoms with Gasteiger partial charge in [0.1, 0.15) is 5.75 Å². The van der Waals surface area contributed by atoms with Crippen LogP contribution >= 0.6 is 0 Å². The smallest absolute Gasteiger partial charge is 0.123 e. The van der Waals surface area contributed by atoms with Crippen LogP contribution in [0.4, 0.5) is 0 Å². The van der Waals surface area contributed by atoms with Crippen molar-refractivity contribution < 1.29 is 9.84 Å². The summed E-state index contributed by atoms with van der Waals surface area (Å²) in [5, 5.41) is 9.31. The van der Waals surface area contributed by atoms with E-state index in [1.54, 1.807) is 7.11 Å². The van der Waals surface area contributed by atoms with Gasteiger partial charge in [-0.15, -0.1) is 0 Å². The SMILES string of the molecule is COc1cc(C)c(C)cc1C(C(N)CO)N(C)C. The maximum atomic E-state index is 9.31. The molecule has 0 fully saturated rings. The van der Waals surface area contributed by atoms with Crippen LogP contribution in [0.1, 0.15) is 22.7 Å². The molecule has 102 valence electrons. The van der Waals surface area contributed by atoms with Crippen molar-refractivity contribution in [2.45, 2.75) is 25.9 Å². The molecule has 0 amide bonds. The zero-order chi connectivity index (χ0) is 13.9. The van der Waals surface area contributed by atoms with E-state index in [9.17, 15) is 5.11 Å². The molecule has 2 atom stereocenters. The standard InChI is InChI=1S/C14H24N2O2/c1-9-6-11(13(18-5)7-10(9)2)14(16(3)4)12(15)8-17/h6-7,12,14,17H,8,15H2,1-5H3. The van der Waals surface area contributed by atoms with Gasteiger partial charge in [0.2, 0.25) is 0 Å². The molecule has 1 aromatic rings. The molecule has 18 heavy (non-hydrogen) atoms. The minimum absolute atomic E-state index is 0.0566. The summed E-state index contributed by atoms with van der Waals surface area (Å²) >= 11 is 0. The van der Waals surface area contributed by atoms with E-state index >= 15 is 0 Å². The summed E-state index contributed by atoms with van der Waals surface area (Å²) in [6.07, 6.45) is 0. The summed E-state index contributed by atoms with van der Waals surface area (Å²) in [5.41, 5.74) is 9.42. The first-order valence-electron chi connectivity index (χ1n) is 6.10. The van der Waals surface area contributed by atoms with Crippen LogP contribution in [0.5, 0.6) is 5.75 Å². The number of hydrogen-bond acceptors (Lipinski definition) is 4. The Morgan fingerprint density at radius 2 is 1.83 bits per heavy atom. The second-order valence-corrected chi connectivity index (χ2v) is 4.93. The summed E-state index contributed by atoms with van der Waals surface area (Å²) in [7, 11) is 5.56. The maximum Gasteiger partial charge on any atom is 0.123 e. The van der Waals surface area contributed by atoms with Gasteiger partial charge in [0, 0.05) is 11.6 Å². The number of aliphatic hydroxyl groups excluding tert-OH is 1. The van der Waals surface area contributed by atoms with Crippen LogP contribution in [0.15, 0.2) is 12.1 Å². The average Bonchev–Trinajstić information content (AvgIpc) is 2.32. The van der Waals surface area contributed by atoms with Gasteiger partial charge < -0.3 is 20.5 Å². The Bertz CT molecular complexity index is 405. The van der Waals surface area contributed by atoms with Crippen LogP contribution in [-0.4, -0.2) is 43.9 Å². The third-order valence-electron chi connectivity index (χ3n) is 3.34. The van der Waals surface area contributed by atoms with Gasteiger partial charge >= 0.3 is 0 Å². The van der Waals surface area contributed by atoms with E-state index in [2.05, 4.69) is 19.9 Å². The number of ether oxygens (including phenoxy) is 1. The second kappa shape index (κ2) is 6.18. The van der Waals surface area contributed by atoms with Crippen molar-refractivity contribution in [3.63, 3.8) is 0 Å². The zero-order valence-electron chi connectivity index (χ0n) is 11.9. The molecule has 0 spiro atoms. The maximum absolute atomic E-state index is 9.31. The fourth-order valence-electron chi connectivity index (χ4n) is 2.21. The van der Waals surface area contributed by atoms with Crippen molar-refractivity contribution >= 4 is 0 Å². The topological polar surface area (TPSA) is 58.7 Å². The van der Waals surface area contributed by atoms with E-state index in [4.69, 9.17) is 10.5 Å². The van der Waals surface area contributed by atoms with Gasteiger partial charge in [-0.1, -0.05) is 6.07 Å². The highest BCUT2D eigenvalue weighted by molar-refractivity contribution is 5.44. The van der Waals surface area contributed by atoms with Gasteiger partial charge in [-0.3, -0.25) is 0 Å². The van der Waals surface area contributed by atoms with Crippen molar-refractivity contribution in [1.82, 2.24) is 4.90 Å². The van der Waals surface area contributed by atoms with Crippen molar-refractivity contribution in [3.05, 3.63) is 28.8 Å². The van der Waals surface area contributed by atoms with Gasteiger partial charge in [0.05, 0.1) is 19.8 Å². The monoisotopic (exact) mass is 252 g/mol. The van der Waals surface area contributed by atoms with Crippen molar-refractivity contribution in [1.29, 1.82) is 0 Å². The van der Waals surface area contributed by atoms with Crippen LogP contribution in [0.2, 0.25) is 0 Å². The number of aliphatic hydroxyl groups is 1. The van der Waals surface area contributed by atoms with E-state index in [1.807, 2.05) is 25.1 Å². The van der Waals surface area contributed by atoms with Gasteiger partial charge in [0.15, 0.2) is 0 Å². The first kappa shape index (κ1) is 15.0. The number of likely N-dealkylation sites (N-methyl/N-ethyl adjacent to an activating group) is 1. The quantitative estimate of drug-likeness (QED) is 0.827. The predicted octanol–water partition coefficient (Wildman–Crippen LogP) is 1.23. The number of rotatable bonds is 5. The van der Waals surface area contributed by atoms with Crippen molar-refractivity contribution in [2.24, 2.45) is 5.73 Å². The van der Waals surface area contributed by atoms with E-state index < -0.39 is 0 Å². The molecule has 0 saturated carbocycles. The Morgan fingerprint density at radius 1 is 1.28 bits per heavy atom. The van der Waals surface area contributed by atoms with Crippen LogP contribution in [-0.2, 0) is 0 Å². The molecule has 0 aliphatic rings. The van der Waals surface area contributed by atoms with Gasteiger partial charge in [-0.05, 0) is 45.1 Å². The summed E-state index contributed by atoms with van der Waals surface area (Å²) in [4.78, 5) is 2.01. The first-order chi connectivity index (χ1) is 8.42. The number of nitrogens with two attached hydrogens (primary N) is 1. The molecule has 0 aromatic heterocycles. The fraction of sp³-hybridized carbons (Fsp3) is 0.571. The summed E-state index contributed by atoms with van der Waals surface area (Å²) in [5.74, 6) is 0.820. The lowest BCUT2D eigenvalue weighted by molar-refractivity contribution is 0.178. The normalized spacial score (nSPS) is 14.7. The van der Waals surface area contributed by atoms with E-state index in [0.29, 0.717) is 0 Å². The average molecular weight is 252 g/mol.